The third-order valence-electron chi connectivity index (χ3n) is 2.18. The van der Waals surface area contributed by atoms with Crippen molar-refractivity contribution in [3.63, 3.8) is 0 Å². The van der Waals surface area contributed by atoms with E-state index in [2.05, 4.69) is 5.32 Å². The Bertz CT molecular complexity index is 456. The third kappa shape index (κ3) is 3.83. The summed E-state index contributed by atoms with van der Waals surface area (Å²) >= 11 is 0. The lowest BCUT2D eigenvalue weighted by atomic mass is 10.2. The number of carbonyl (C=O) groups is 1. The van der Waals surface area contributed by atoms with E-state index in [0.717, 1.165) is 0 Å². The molecule has 1 aromatic rings. The summed E-state index contributed by atoms with van der Waals surface area (Å²) in [5, 5.41) is 2.35. The number of nitrogens with one attached hydrogen (secondary N) is 1. The first kappa shape index (κ1) is 14.7. The summed E-state index contributed by atoms with van der Waals surface area (Å²) < 4.78 is 49.5. The summed E-state index contributed by atoms with van der Waals surface area (Å²) in [6.45, 7) is 1.86. The van der Waals surface area contributed by atoms with Crippen molar-refractivity contribution in [1.82, 2.24) is 5.32 Å². The van der Waals surface area contributed by atoms with Crippen LogP contribution in [0.5, 0.6) is 0 Å². The molecule has 1 amide bonds. The highest BCUT2D eigenvalue weighted by Crippen LogP contribution is 2.13. The molecule has 0 aliphatic carbocycles. The lowest BCUT2D eigenvalue weighted by Gasteiger charge is -2.05. The predicted molar refractivity (Wildman–Crippen MR) is 62.2 cm³/mol. The number of halogens is 3. The zero-order valence-electron chi connectivity index (χ0n) is 9.63. The van der Waals surface area contributed by atoms with Crippen LogP contribution < -0.4 is 5.32 Å². The molecule has 1 aromatic carbocycles. The quantitative estimate of drug-likeness (QED) is 0.832. The SMILES string of the molecule is CCS(=O)CCNC(=O)c1cc(F)c(F)c(F)c1. The number of hydrogen-bond donors (Lipinski definition) is 1. The topological polar surface area (TPSA) is 46.2 Å². The molecule has 0 aliphatic heterocycles. The Hall–Kier alpha value is -1.37. The monoisotopic (exact) mass is 279 g/mol. The molecule has 1 unspecified atom stereocenters. The van der Waals surface area contributed by atoms with Crippen molar-refractivity contribution in [1.29, 1.82) is 0 Å². The summed E-state index contributed by atoms with van der Waals surface area (Å²) in [4.78, 5) is 11.5. The molecule has 0 bridgehead atoms. The van der Waals surface area contributed by atoms with Crippen LogP contribution >= 0.6 is 0 Å². The van der Waals surface area contributed by atoms with Gasteiger partial charge in [-0.05, 0) is 12.1 Å². The molecule has 1 N–H and O–H groups in total. The van der Waals surface area contributed by atoms with Crippen molar-refractivity contribution in [3.8, 4) is 0 Å². The average molecular weight is 279 g/mol. The number of amides is 1. The number of rotatable bonds is 5. The van der Waals surface area contributed by atoms with Crippen molar-refractivity contribution in [2.24, 2.45) is 0 Å². The van der Waals surface area contributed by atoms with Crippen molar-refractivity contribution in [3.05, 3.63) is 35.1 Å². The molecule has 1 atom stereocenters. The largest absolute Gasteiger partial charge is 0.351 e. The maximum absolute atomic E-state index is 12.9. The van der Waals surface area contributed by atoms with E-state index in [0.29, 0.717) is 17.9 Å². The molecular weight excluding hydrogens is 267 g/mol. The first-order valence-electron chi connectivity index (χ1n) is 5.23. The maximum Gasteiger partial charge on any atom is 0.251 e. The van der Waals surface area contributed by atoms with Gasteiger partial charge in [-0.2, -0.15) is 0 Å². The predicted octanol–water partition coefficient (Wildman–Crippen LogP) is 1.60. The van der Waals surface area contributed by atoms with E-state index in [4.69, 9.17) is 0 Å². The Morgan fingerprint density at radius 3 is 2.33 bits per heavy atom. The van der Waals surface area contributed by atoms with Crippen LogP contribution in [0.4, 0.5) is 13.2 Å². The van der Waals surface area contributed by atoms with Gasteiger partial charge in [-0.3, -0.25) is 9.00 Å². The smallest absolute Gasteiger partial charge is 0.251 e. The van der Waals surface area contributed by atoms with Gasteiger partial charge in [0.25, 0.3) is 5.91 Å². The van der Waals surface area contributed by atoms with E-state index in [1.165, 1.54) is 0 Å². The van der Waals surface area contributed by atoms with Gasteiger partial charge >= 0.3 is 0 Å². The minimum atomic E-state index is -1.61. The zero-order valence-corrected chi connectivity index (χ0v) is 10.5. The summed E-state index contributed by atoms with van der Waals surface area (Å²) in [7, 11) is -1.04. The van der Waals surface area contributed by atoms with Crippen LogP contribution in [0.3, 0.4) is 0 Å². The van der Waals surface area contributed by atoms with Crippen LogP contribution in [0.25, 0.3) is 0 Å². The molecule has 0 fully saturated rings. The van der Waals surface area contributed by atoms with Crippen LogP contribution in [0.15, 0.2) is 12.1 Å². The van der Waals surface area contributed by atoms with Gasteiger partial charge in [-0.25, -0.2) is 13.2 Å². The molecule has 3 nitrogen and oxygen atoms in total. The van der Waals surface area contributed by atoms with E-state index in [1.807, 2.05) is 0 Å². The van der Waals surface area contributed by atoms with Crippen LogP contribution in [0.1, 0.15) is 17.3 Å². The summed E-state index contributed by atoms with van der Waals surface area (Å²) in [5.74, 6) is -4.46. The Morgan fingerprint density at radius 2 is 1.83 bits per heavy atom. The number of hydrogen-bond acceptors (Lipinski definition) is 2. The van der Waals surface area contributed by atoms with Crippen molar-refractivity contribution in [2.75, 3.05) is 18.1 Å². The Morgan fingerprint density at radius 1 is 1.28 bits per heavy atom. The minimum absolute atomic E-state index is 0.125. The third-order valence-corrected chi connectivity index (χ3v) is 3.49. The first-order valence-corrected chi connectivity index (χ1v) is 6.72. The lowest BCUT2D eigenvalue weighted by Crippen LogP contribution is -2.28. The van der Waals surface area contributed by atoms with E-state index < -0.39 is 34.2 Å². The lowest BCUT2D eigenvalue weighted by molar-refractivity contribution is 0.0955. The molecule has 7 heteroatoms. The van der Waals surface area contributed by atoms with Crippen LogP contribution in [-0.4, -0.2) is 28.2 Å². The second-order valence-corrected chi connectivity index (χ2v) is 5.31. The Balaban J connectivity index is 2.65. The molecule has 0 aliphatic rings. The van der Waals surface area contributed by atoms with E-state index in [1.54, 1.807) is 6.92 Å². The molecule has 1 rings (SSSR count). The minimum Gasteiger partial charge on any atom is -0.351 e. The molecule has 18 heavy (non-hydrogen) atoms. The van der Waals surface area contributed by atoms with E-state index in [-0.39, 0.29) is 17.9 Å². The Labute approximate surface area is 105 Å². The van der Waals surface area contributed by atoms with Gasteiger partial charge in [0.2, 0.25) is 0 Å². The molecule has 0 saturated carbocycles. The summed E-state index contributed by atoms with van der Waals surface area (Å²) in [6, 6.07) is 1.23. The molecule has 0 saturated heterocycles. The van der Waals surface area contributed by atoms with Gasteiger partial charge in [0.1, 0.15) is 0 Å². The normalized spacial score (nSPS) is 12.2. The van der Waals surface area contributed by atoms with Crippen LogP contribution in [0, 0.1) is 17.5 Å². The van der Waals surface area contributed by atoms with Gasteiger partial charge in [0.15, 0.2) is 17.5 Å². The highest BCUT2D eigenvalue weighted by Gasteiger charge is 2.14. The molecule has 0 radical (unpaired) electrons. The maximum atomic E-state index is 12.9. The van der Waals surface area contributed by atoms with Crippen LogP contribution in [-0.2, 0) is 10.8 Å². The fourth-order valence-corrected chi connectivity index (χ4v) is 1.83. The fourth-order valence-electron chi connectivity index (χ4n) is 1.21. The van der Waals surface area contributed by atoms with E-state index >= 15 is 0 Å². The molecule has 0 heterocycles. The highest BCUT2D eigenvalue weighted by molar-refractivity contribution is 7.84. The van der Waals surface area contributed by atoms with Gasteiger partial charge in [0, 0.05) is 34.4 Å². The van der Waals surface area contributed by atoms with Gasteiger partial charge < -0.3 is 5.32 Å². The average Bonchev–Trinajstić information content (AvgIpc) is 2.34. The number of benzene rings is 1. The standard InChI is InChI=1S/C11H12F3NO2S/c1-2-18(17)4-3-15-11(16)7-5-8(12)10(14)9(13)6-7/h5-6H,2-4H2,1H3,(H,15,16). The van der Waals surface area contributed by atoms with Crippen LogP contribution in [0.2, 0.25) is 0 Å². The summed E-state index contributed by atoms with van der Waals surface area (Å²) in [6.07, 6.45) is 0. The molecular formula is C11H12F3NO2S. The second-order valence-electron chi connectivity index (χ2n) is 3.44. The van der Waals surface area contributed by atoms with Crippen molar-refractivity contribution < 1.29 is 22.2 Å². The fraction of sp³-hybridized carbons (Fsp3) is 0.364. The van der Waals surface area contributed by atoms with Crippen molar-refractivity contribution >= 4 is 16.7 Å². The van der Waals surface area contributed by atoms with Gasteiger partial charge in [-0.15, -0.1) is 0 Å². The zero-order chi connectivity index (χ0) is 13.7. The van der Waals surface area contributed by atoms with Crippen molar-refractivity contribution in [2.45, 2.75) is 6.92 Å². The van der Waals surface area contributed by atoms with Gasteiger partial charge in [-0.1, -0.05) is 6.92 Å². The second kappa shape index (κ2) is 6.53. The number of carbonyl (C=O) groups excluding carboxylic acids is 1. The first-order chi connectivity index (χ1) is 8.45. The summed E-state index contributed by atoms with van der Waals surface area (Å²) in [5.41, 5.74) is -0.311. The molecule has 0 aromatic heterocycles. The molecule has 100 valence electrons. The van der Waals surface area contributed by atoms with Gasteiger partial charge in [0.05, 0.1) is 0 Å². The molecule has 0 spiro atoms. The van der Waals surface area contributed by atoms with E-state index in [9.17, 15) is 22.2 Å². The Kier molecular flexibility index (Phi) is 5.33. The highest BCUT2D eigenvalue weighted by atomic mass is 32.2.